The second kappa shape index (κ2) is 9.42. The molecular formula is C23H18F3NO5. The third-order valence-electron chi connectivity index (χ3n) is 4.40. The van der Waals surface area contributed by atoms with Crippen molar-refractivity contribution in [3.8, 4) is 11.5 Å². The molecular weight excluding hydrogens is 427 g/mol. The zero-order valence-electron chi connectivity index (χ0n) is 17.1. The fraction of sp³-hybridized carbons (Fsp3) is 0.130. The van der Waals surface area contributed by atoms with Gasteiger partial charge in [0.1, 0.15) is 17.2 Å². The molecule has 0 N–H and O–H groups in total. The number of carbonyl (C=O) groups is 2. The molecule has 1 aliphatic rings. The number of rotatable bonds is 5. The van der Waals surface area contributed by atoms with E-state index in [9.17, 15) is 22.8 Å². The summed E-state index contributed by atoms with van der Waals surface area (Å²) in [5.74, 6) is -1.18. The van der Waals surface area contributed by atoms with Crippen LogP contribution in [-0.4, -0.2) is 26.2 Å². The number of allylic oxidation sites excluding steroid dienone is 2. The van der Waals surface area contributed by atoms with Crippen molar-refractivity contribution in [2.45, 2.75) is 6.18 Å². The summed E-state index contributed by atoms with van der Waals surface area (Å²) in [5.41, 5.74) is -0.412. The number of hydrogen-bond acceptors (Lipinski definition) is 6. The third-order valence-corrected chi connectivity index (χ3v) is 4.40. The van der Waals surface area contributed by atoms with Gasteiger partial charge in [0.2, 0.25) is 0 Å². The van der Waals surface area contributed by atoms with Gasteiger partial charge in [0.05, 0.1) is 25.4 Å². The minimum absolute atomic E-state index is 0.00589. The summed E-state index contributed by atoms with van der Waals surface area (Å²) >= 11 is 0. The molecule has 1 heterocycles. The lowest BCUT2D eigenvalue weighted by atomic mass is 10.1. The molecule has 3 rings (SSSR count). The van der Waals surface area contributed by atoms with Crippen LogP contribution in [0.2, 0.25) is 0 Å². The maximum atomic E-state index is 12.9. The van der Waals surface area contributed by atoms with Crippen molar-refractivity contribution in [3.63, 3.8) is 0 Å². The van der Waals surface area contributed by atoms with Crippen LogP contribution in [0.3, 0.4) is 0 Å². The van der Waals surface area contributed by atoms with Crippen LogP contribution >= 0.6 is 0 Å². The Morgan fingerprint density at radius 3 is 2.19 bits per heavy atom. The number of methoxy groups -OCH3 is 2. The van der Waals surface area contributed by atoms with Crippen LogP contribution in [0.1, 0.15) is 5.56 Å². The predicted octanol–water partition coefficient (Wildman–Crippen LogP) is 4.99. The van der Waals surface area contributed by atoms with Crippen LogP contribution in [0.5, 0.6) is 11.5 Å². The molecule has 0 radical (unpaired) electrons. The molecule has 166 valence electrons. The van der Waals surface area contributed by atoms with Crippen LogP contribution in [0.25, 0.3) is 0 Å². The number of ether oxygens (including phenoxy) is 3. The molecule has 0 amide bonds. The van der Waals surface area contributed by atoms with Crippen LogP contribution in [0, 0.1) is 0 Å². The molecule has 0 fully saturated rings. The number of benzene rings is 2. The molecule has 9 heteroatoms. The van der Waals surface area contributed by atoms with Gasteiger partial charge in [-0.1, -0.05) is 12.1 Å². The first-order valence-electron chi connectivity index (χ1n) is 9.25. The maximum absolute atomic E-state index is 12.9. The van der Waals surface area contributed by atoms with Crippen molar-refractivity contribution in [3.05, 3.63) is 89.8 Å². The lowest BCUT2D eigenvalue weighted by Crippen LogP contribution is -2.26. The van der Waals surface area contributed by atoms with Crippen LogP contribution < -0.4 is 9.64 Å². The molecule has 32 heavy (non-hydrogen) atoms. The summed E-state index contributed by atoms with van der Waals surface area (Å²) in [7, 11) is 2.38. The zero-order valence-corrected chi connectivity index (χ0v) is 17.1. The Labute approximate surface area is 181 Å². The summed E-state index contributed by atoms with van der Waals surface area (Å²) in [6.07, 6.45) is 1.69. The molecule has 2 aromatic carbocycles. The van der Waals surface area contributed by atoms with Gasteiger partial charge in [0.15, 0.2) is 0 Å². The number of esters is 2. The van der Waals surface area contributed by atoms with E-state index in [4.69, 9.17) is 14.2 Å². The van der Waals surface area contributed by atoms with Gasteiger partial charge < -0.3 is 19.1 Å². The van der Waals surface area contributed by atoms with Gasteiger partial charge in [-0.05, 0) is 54.6 Å². The van der Waals surface area contributed by atoms with Gasteiger partial charge in [-0.3, -0.25) is 0 Å². The SMILES string of the molecule is COC(=O)C1=C(C(=O)OC)N(c2ccc(Oc3cccc(C(F)(F)F)c3)cc2)C=CC=C1. The molecule has 6 nitrogen and oxygen atoms in total. The van der Waals surface area contributed by atoms with Gasteiger partial charge in [-0.2, -0.15) is 13.2 Å². The Morgan fingerprint density at radius 2 is 1.56 bits per heavy atom. The zero-order chi connectivity index (χ0) is 23.3. The maximum Gasteiger partial charge on any atom is 0.416 e. The Hall–Kier alpha value is -4.01. The summed E-state index contributed by atoms with van der Waals surface area (Å²) in [6.45, 7) is 0. The standard InChI is InChI=1S/C23H18F3NO5/c1-30-21(28)19-8-3-4-13-27(20(19)22(29)31-2)16-9-11-17(12-10-16)32-18-7-5-6-15(14-18)23(24,25)26/h3-14H,1-2H3. The molecule has 0 aromatic heterocycles. The van der Waals surface area contributed by atoms with E-state index in [1.165, 1.54) is 49.5 Å². The Kier molecular flexibility index (Phi) is 6.67. The van der Waals surface area contributed by atoms with E-state index in [2.05, 4.69) is 0 Å². The van der Waals surface area contributed by atoms with E-state index in [-0.39, 0.29) is 22.8 Å². The second-order valence-corrected chi connectivity index (χ2v) is 6.44. The smallest absolute Gasteiger partial charge is 0.416 e. The number of anilines is 1. The topological polar surface area (TPSA) is 65.1 Å². The quantitative estimate of drug-likeness (QED) is 0.605. The minimum atomic E-state index is -4.48. The Morgan fingerprint density at radius 1 is 0.875 bits per heavy atom. The van der Waals surface area contributed by atoms with Crippen LogP contribution in [-0.2, 0) is 25.2 Å². The fourth-order valence-corrected chi connectivity index (χ4v) is 2.91. The summed E-state index contributed by atoms with van der Waals surface area (Å²) in [6, 6.07) is 10.7. The monoisotopic (exact) mass is 445 g/mol. The highest BCUT2D eigenvalue weighted by Crippen LogP contribution is 2.33. The molecule has 0 bridgehead atoms. The molecule has 0 saturated carbocycles. The van der Waals surface area contributed by atoms with E-state index >= 15 is 0 Å². The third kappa shape index (κ3) is 5.00. The van der Waals surface area contributed by atoms with Crippen molar-refractivity contribution >= 4 is 17.6 Å². The second-order valence-electron chi connectivity index (χ2n) is 6.44. The normalized spacial score (nSPS) is 13.6. The van der Waals surface area contributed by atoms with Gasteiger partial charge in [0.25, 0.3) is 0 Å². The molecule has 0 atom stereocenters. The van der Waals surface area contributed by atoms with E-state index in [1.54, 1.807) is 30.5 Å². The highest BCUT2D eigenvalue weighted by Gasteiger charge is 2.31. The first-order valence-corrected chi connectivity index (χ1v) is 9.25. The molecule has 0 aliphatic carbocycles. The van der Waals surface area contributed by atoms with Crippen LogP contribution in [0.15, 0.2) is 84.2 Å². The van der Waals surface area contributed by atoms with E-state index in [1.807, 2.05) is 0 Å². The summed E-state index contributed by atoms with van der Waals surface area (Å²) in [5, 5.41) is 0. The number of halogens is 3. The van der Waals surface area contributed by atoms with Gasteiger partial charge in [-0.15, -0.1) is 0 Å². The minimum Gasteiger partial charge on any atom is -0.465 e. The predicted molar refractivity (Wildman–Crippen MR) is 110 cm³/mol. The van der Waals surface area contributed by atoms with Gasteiger partial charge in [-0.25, -0.2) is 9.59 Å². The lowest BCUT2D eigenvalue weighted by Gasteiger charge is -2.23. The highest BCUT2D eigenvalue weighted by molar-refractivity contribution is 6.05. The first kappa shape index (κ1) is 22.7. The average molecular weight is 445 g/mol. The molecule has 0 spiro atoms. The summed E-state index contributed by atoms with van der Waals surface area (Å²) < 4.78 is 53.8. The number of hydrogen-bond donors (Lipinski definition) is 0. The molecule has 1 aliphatic heterocycles. The lowest BCUT2D eigenvalue weighted by molar-refractivity contribution is -0.139. The van der Waals surface area contributed by atoms with Crippen LogP contribution in [0.4, 0.5) is 18.9 Å². The number of carbonyl (C=O) groups excluding carboxylic acids is 2. The van der Waals surface area contributed by atoms with Crippen molar-refractivity contribution in [1.82, 2.24) is 0 Å². The molecule has 0 saturated heterocycles. The molecule has 2 aromatic rings. The van der Waals surface area contributed by atoms with Crippen molar-refractivity contribution in [2.24, 2.45) is 0 Å². The number of alkyl halides is 3. The Balaban J connectivity index is 1.92. The van der Waals surface area contributed by atoms with Gasteiger partial charge in [0, 0.05) is 11.9 Å². The van der Waals surface area contributed by atoms with Crippen molar-refractivity contribution in [2.75, 3.05) is 19.1 Å². The highest BCUT2D eigenvalue weighted by atomic mass is 19.4. The van der Waals surface area contributed by atoms with Gasteiger partial charge >= 0.3 is 18.1 Å². The average Bonchev–Trinajstić information content (AvgIpc) is 3.01. The molecule has 0 unspecified atom stereocenters. The van der Waals surface area contributed by atoms with E-state index in [0.29, 0.717) is 5.69 Å². The first-order chi connectivity index (χ1) is 15.2. The Bertz CT molecular complexity index is 1100. The van der Waals surface area contributed by atoms with Crippen molar-refractivity contribution in [1.29, 1.82) is 0 Å². The fourth-order valence-electron chi connectivity index (χ4n) is 2.91. The van der Waals surface area contributed by atoms with E-state index < -0.39 is 23.7 Å². The van der Waals surface area contributed by atoms with E-state index in [0.717, 1.165) is 12.1 Å². The summed E-state index contributed by atoms with van der Waals surface area (Å²) in [4.78, 5) is 26.1. The van der Waals surface area contributed by atoms with Crippen molar-refractivity contribution < 1.29 is 37.0 Å². The number of nitrogens with zero attached hydrogens (tertiary/aromatic N) is 1. The largest absolute Gasteiger partial charge is 0.465 e.